The summed E-state index contributed by atoms with van der Waals surface area (Å²) in [5.74, 6) is 1.48. The molecule has 0 radical (unpaired) electrons. The molecule has 6 nitrogen and oxygen atoms in total. The van der Waals surface area contributed by atoms with Gasteiger partial charge in [0.2, 0.25) is 11.8 Å². The Labute approximate surface area is 133 Å². The third-order valence-electron chi connectivity index (χ3n) is 4.10. The van der Waals surface area contributed by atoms with E-state index < -0.39 is 10.0 Å². The van der Waals surface area contributed by atoms with Crippen LogP contribution in [0.4, 0.5) is 0 Å². The number of aromatic nitrogens is 2. The van der Waals surface area contributed by atoms with Crippen LogP contribution in [-0.2, 0) is 10.0 Å². The first-order valence-corrected chi connectivity index (χ1v) is 9.89. The maximum absolute atomic E-state index is 12.6. The van der Waals surface area contributed by atoms with Crippen LogP contribution in [-0.4, -0.2) is 36.0 Å². The maximum atomic E-state index is 12.6. The van der Waals surface area contributed by atoms with Gasteiger partial charge in [0.25, 0.3) is 10.0 Å². The summed E-state index contributed by atoms with van der Waals surface area (Å²) in [4.78, 5) is 0. The van der Waals surface area contributed by atoms with Crippen molar-refractivity contribution in [2.75, 3.05) is 13.1 Å². The highest BCUT2D eigenvalue weighted by Gasteiger charge is 2.31. The van der Waals surface area contributed by atoms with Gasteiger partial charge in [0.05, 0.1) is 5.56 Å². The SMILES string of the molecule is O=S(=O)(c1cc(-c2nnc(C3CC3)o2)cs1)N1CCCCC1. The molecular formula is C14H17N3O3S2. The van der Waals surface area contributed by atoms with Crippen molar-refractivity contribution in [3.8, 4) is 11.5 Å². The van der Waals surface area contributed by atoms with Crippen LogP contribution in [0.3, 0.4) is 0 Å². The molecule has 1 aliphatic heterocycles. The number of nitrogens with zero attached hydrogens (tertiary/aromatic N) is 3. The third kappa shape index (κ3) is 2.59. The zero-order valence-electron chi connectivity index (χ0n) is 12.1. The molecule has 2 aromatic heterocycles. The molecule has 1 aliphatic carbocycles. The van der Waals surface area contributed by atoms with Crippen LogP contribution in [0.15, 0.2) is 20.1 Å². The van der Waals surface area contributed by atoms with Crippen LogP contribution < -0.4 is 0 Å². The summed E-state index contributed by atoms with van der Waals surface area (Å²) in [7, 11) is -3.38. The fourth-order valence-electron chi connectivity index (χ4n) is 2.64. The number of rotatable bonds is 4. The van der Waals surface area contributed by atoms with E-state index in [0.29, 0.717) is 40.6 Å². The average Bonchev–Trinajstić information content (AvgIpc) is 3.06. The fraction of sp³-hybridized carbons (Fsp3) is 0.571. The molecule has 8 heteroatoms. The Balaban J connectivity index is 1.59. The van der Waals surface area contributed by atoms with E-state index in [4.69, 9.17) is 4.42 Å². The topological polar surface area (TPSA) is 76.3 Å². The quantitative estimate of drug-likeness (QED) is 0.856. The molecule has 22 heavy (non-hydrogen) atoms. The van der Waals surface area contributed by atoms with Crippen LogP contribution in [0.5, 0.6) is 0 Å². The zero-order chi connectivity index (χ0) is 15.2. The first-order valence-electron chi connectivity index (χ1n) is 7.57. The minimum absolute atomic E-state index is 0.357. The lowest BCUT2D eigenvalue weighted by atomic mass is 10.2. The van der Waals surface area contributed by atoms with Crippen molar-refractivity contribution in [2.24, 2.45) is 0 Å². The number of hydrogen-bond acceptors (Lipinski definition) is 6. The normalized spacial score (nSPS) is 20.4. The molecule has 0 N–H and O–H groups in total. The Kier molecular flexibility index (Phi) is 3.54. The molecule has 1 saturated heterocycles. The van der Waals surface area contributed by atoms with Crippen molar-refractivity contribution in [3.05, 3.63) is 17.3 Å². The molecule has 0 amide bonds. The van der Waals surface area contributed by atoms with Crippen molar-refractivity contribution in [1.29, 1.82) is 0 Å². The standard InChI is InChI=1S/C14H17N3O3S2/c18-22(19,17-6-2-1-3-7-17)12-8-11(9-21-12)14-16-15-13(20-14)10-4-5-10/h8-10H,1-7H2. The highest BCUT2D eigenvalue weighted by atomic mass is 32.2. The number of thiophene rings is 1. The molecule has 0 atom stereocenters. The predicted octanol–water partition coefficient (Wildman–Crippen LogP) is 2.85. The minimum Gasteiger partial charge on any atom is -0.420 e. The van der Waals surface area contributed by atoms with Crippen molar-refractivity contribution in [3.63, 3.8) is 0 Å². The lowest BCUT2D eigenvalue weighted by Crippen LogP contribution is -2.35. The van der Waals surface area contributed by atoms with Gasteiger partial charge in [-0.1, -0.05) is 6.42 Å². The van der Waals surface area contributed by atoms with E-state index in [-0.39, 0.29) is 0 Å². The summed E-state index contributed by atoms with van der Waals surface area (Å²) in [6, 6.07) is 1.65. The Hall–Kier alpha value is -1.25. The largest absolute Gasteiger partial charge is 0.420 e. The summed E-state index contributed by atoms with van der Waals surface area (Å²) < 4.78 is 32.8. The van der Waals surface area contributed by atoms with Gasteiger partial charge < -0.3 is 4.42 Å². The number of piperidine rings is 1. The number of hydrogen-bond donors (Lipinski definition) is 0. The molecule has 2 aliphatic rings. The first-order chi connectivity index (χ1) is 10.6. The highest BCUT2D eigenvalue weighted by Crippen LogP contribution is 2.40. The van der Waals surface area contributed by atoms with Gasteiger partial charge >= 0.3 is 0 Å². The van der Waals surface area contributed by atoms with Gasteiger partial charge in [0, 0.05) is 24.4 Å². The van der Waals surface area contributed by atoms with E-state index in [1.807, 2.05) is 0 Å². The average molecular weight is 339 g/mol. The molecule has 0 spiro atoms. The van der Waals surface area contributed by atoms with Gasteiger partial charge in [-0.05, 0) is 31.7 Å². The molecule has 3 heterocycles. The third-order valence-corrected chi connectivity index (χ3v) is 7.41. The summed E-state index contributed by atoms with van der Waals surface area (Å²) >= 11 is 1.22. The second-order valence-electron chi connectivity index (χ2n) is 5.84. The lowest BCUT2D eigenvalue weighted by Gasteiger charge is -2.25. The molecular weight excluding hydrogens is 322 g/mol. The molecule has 118 valence electrons. The van der Waals surface area contributed by atoms with E-state index in [0.717, 1.165) is 32.1 Å². The molecule has 4 rings (SSSR count). The fourth-order valence-corrected chi connectivity index (χ4v) is 5.47. The first kappa shape index (κ1) is 14.3. The predicted molar refractivity (Wildman–Crippen MR) is 82.2 cm³/mol. The van der Waals surface area contributed by atoms with Crippen molar-refractivity contribution < 1.29 is 12.8 Å². The van der Waals surface area contributed by atoms with E-state index in [9.17, 15) is 8.42 Å². The van der Waals surface area contributed by atoms with Crippen LogP contribution in [0, 0.1) is 0 Å². The van der Waals surface area contributed by atoms with Gasteiger partial charge in [-0.15, -0.1) is 21.5 Å². The van der Waals surface area contributed by atoms with Crippen LogP contribution in [0.2, 0.25) is 0 Å². The summed E-state index contributed by atoms with van der Waals surface area (Å²) in [6.07, 6.45) is 5.17. The van der Waals surface area contributed by atoms with E-state index in [1.54, 1.807) is 15.8 Å². The van der Waals surface area contributed by atoms with E-state index in [1.165, 1.54) is 11.3 Å². The Morgan fingerprint density at radius 3 is 2.68 bits per heavy atom. The van der Waals surface area contributed by atoms with E-state index >= 15 is 0 Å². The Morgan fingerprint density at radius 1 is 1.18 bits per heavy atom. The molecule has 1 saturated carbocycles. The zero-order valence-corrected chi connectivity index (χ0v) is 13.7. The summed E-state index contributed by atoms with van der Waals surface area (Å²) in [6.45, 7) is 1.23. The van der Waals surface area contributed by atoms with Gasteiger partial charge in [0.1, 0.15) is 4.21 Å². The van der Waals surface area contributed by atoms with Gasteiger partial charge in [-0.3, -0.25) is 0 Å². The second kappa shape index (κ2) is 5.43. The monoisotopic (exact) mass is 339 g/mol. The number of sulfonamides is 1. The van der Waals surface area contributed by atoms with Crippen molar-refractivity contribution in [2.45, 2.75) is 42.2 Å². The van der Waals surface area contributed by atoms with Crippen molar-refractivity contribution in [1.82, 2.24) is 14.5 Å². The second-order valence-corrected chi connectivity index (χ2v) is 8.91. The molecule has 2 fully saturated rings. The van der Waals surface area contributed by atoms with Crippen LogP contribution in [0.25, 0.3) is 11.5 Å². The summed E-state index contributed by atoms with van der Waals surface area (Å²) in [5, 5.41) is 9.86. The van der Waals surface area contributed by atoms with Crippen LogP contribution in [0.1, 0.15) is 43.9 Å². The Morgan fingerprint density at radius 2 is 1.95 bits per heavy atom. The maximum Gasteiger partial charge on any atom is 0.252 e. The van der Waals surface area contributed by atoms with Crippen molar-refractivity contribution >= 4 is 21.4 Å². The molecule has 0 unspecified atom stereocenters. The summed E-state index contributed by atoms with van der Waals surface area (Å²) in [5.41, 5.74) is 0.694. The minimum atomic E-state index is -3.38. The van der Waals surface area contributed by atoms with E-state index in [2.05, 4.69) is 10.2 Å². The van der Waals surface area contributed by atoms with Gasteiger partial charge in [-0.25, -0.2) is 8.42 Å². The highest BCUT2D eigenvalue weighted by molar-refractivity contribution is 7.91. The molecule has 0 aromatic carbocycles. The smallest absolute Gasteiger partial charge is 0.252 e. The Bertz CT molecular complexity index is 771. The molecule has 2 aromatic rings. The van der Waals surface area contributed by atoms with Crippen LogP contribution >= 0.6 is 11.3 Å². The van der Waals surface area contributed by atoms with Gasteiger partial charge in [-0.2, -0.15) is 4.31 Å². The molecule has 0 bridgehead atoms. The van der Waals surface area contributed by atoms with Gasteiger partial charge in [0.15, 0.2) is 0 Å². The lowest BCUT2D eigenvalue weighted by molar-refractivity contribution is 0.347.